The summed E-state index contributed by atoms with van der Waals surface area (Å²) in [4.78, 5) is 24.6. The summed E-state index contributed by atoms with van der Waals surface area (Å²) >= 11 is 0. The minimum absolute atomic E-state index is 0.0534. The maximum absolute atomic E-state index is 13.2. The maximum Gasteiger partial charge on any atom is 0.221 e. The van der Waals surface area contributed by atoms with E-state index in [1.54, 1.807) is 0 Å². The third-order valence-electron chi connectivity index (χ3n) is 4.81. The van der Waals surface area contributed by atoms with Crippen molar-refractivity contribution in [3.63, 3.8) is 0 Å². The summed E-state index contributed by atoms with van der Waals surface area (Å²) in [5.74, 6) is 0.522. The summed E-state index contributed by atoms with van der Waals surface area (Å²) in [7, 11) is 0. The number of fused-ring (bicyclic) bond motifs is 1. The van der Waals surface area contributed by atoms with Crippen LogP contribution in [0.15, 0.2) is 40.8 Å². The van der Waals surface area contributed by atoms with E-state index in [4.69, 9.17) is 4.42 Å². The summed E-state index contributed by atoms with van der Waals surface area (Å²) in [5, 5.41) is 6.78. The number of furan rings is 1. The Hall–Kier alpha value is -2.92. The third kappa shape index (κ3) is 5.36. The van der Waals surface area contributed by atoms with Crippen LogP contribution >= 0.6 is 0 Å². The summed E-state index contributed by atoms with van der Waals surface area (Å²) < 4.78 is 5.85. The Balaban J connectivity index is 0.000000575. The van der Waals surface area contributed by atoms with Gasteiger partial charge in [-0.15, -0.1) is 0 Å². The van der Waals surface area contributed by atoms with Gasteiger partial charge >= 0.3 is 0 Å². The lowest BCUT2D eigenvalue weighted by atomic mass is 9.95. The van der Waals surface area contributed by atoms with Crippen LogP contribution in [-0.2, 0) is 11.2 Å². The standard InChI is InChI=1S/C21H21NO3.C4H11N/c1-5-17-19(16-8-6-7-9-18(16)25-17)21(24)15-10-12(2)20(13(3)11-15)22-14(4)23;1-3-5-4-2/h6-11H,5H2,1-4H3,(H,22,23);5H,3-4H2,1-2H3. The molecule has 2 aromatic carbocycles. The van der Waals surface area contributed by atoms with E-state index in [-0.39, 0.29) is 11.7 Å². The fraction of sp³-hybridized carbons (Fsp3) is 0.360. The SMILES string of the molecule is CCNCC.CCc1oc2ccccc2c1C(=O)c1cc(C)c(NC(C)=O)c(C)c1. The van der Waals surface area contributed by atoms with Gasteiger partial charge in [0.15, 0.2) is 5.78 Å². The highest BCUT2D eigenvalue weighted by molar-refractivity contribution is 6.17. The fourth-order valence-corrected chi connectivity index (χ4v) is 3.46. The summed E-state index contributed by atoms with van der Waals surface area (Å²) in [6.07, 6.45) is 0.650. The van der Waals surface area contributed by atoms with Gasteiger partial charge in [-0.2, -0.15) is 0 Å². The Morgan fingerprint density at radius 2 is 1.57 bits per heavy atom. The molecule has 3 rings (SSSR count). The van der Waals surface area contributed by atoms with E-state index in [2.05, 4.69) is 24.5 Å². The first-order valence-electron chi connectivity index (χ1n) is 10.5. The predicted octanol–water partition coefficient (Wildman–Crippen LogP) is 5.42. The Morgan fingerprint density at radius 1 is 0.967 bits per heavy atom. The molecule has 0 saturated heterocycles. The summed E-state index contributed by atoms with van der Waals surface area (Å²) in [5.41, 5.74) is 4.45. The van der Waals surface area contributed by atoms with Crippen molar-refractivity contribution in [1.82, 2.24) is 5.32 Å². The molecule has 2 N–H and O–H groups in total. The van der Waals surface area contributed by atoms with E-state index in [0.29, 0.717) is 23.3 Å². The van der Waals surface area contributed by atoms with E-state index >= 15 is 0 Å². The molecule has 0 spiro atoms. The van der Waals surface area contributed by atoms with Crippen molar-refractivity contribution >= 4 is 28.3 Å². The molecule has 0 bridgehead atoms. The van der Waals surface area contributed by atoms with Crippen LogP contribution in [0.25, 0.3) is 11.0 Å². The molecule has 0 aliphatic rings. The highest BCUT2D eigenvalue weighted by Gasteiger charge is 2.22. The van der Waals surface area contributed by atoms with E-state index in [0.717, 1.165) is 40.9 Å². The molecule has 160 valence electrons. The molecule has 0 radical (unpaired) electrons. The fourth-order valence-electron chi connectivity index (χ4n) is 3.46. The van der Waals surface area contributed by atoms with Gasteiger partial charge in [0.1, 0.15) is 11.3 Å². The second-order valence-electron chi connectivity index (χ2n) is 7.20. The lowest BCUT2D eigenvalue weighted by molar-refractivity contribution is -0.114. The zero-order valence-corrected chi connectivity index (χ0v) is 18.8. The number of carbonyl (C=O) groups is 2. The van der Waals surface area contributed by atoms with Gasteiger partial charge in [-0.3, -0.25) is 9.59 Å². The molecular formula is C25H32N2O3. The Labute approximate surface area is 178 Å². The van der Waals surface area contributed by atoms with Crippen LogP contribution < -0.4 is 10.6 Å². The van der Waals surface area contributed by atoms with Crippen molar-refractivity contribution in [2.24, 2.45) is 0 Å². The van der Waals surface area contributed by atoms with Crippen molar-refractivity contribution < 1.29 is 14.0 Å². The van der Waals surface area contributed by atoms with Crippen molar-refractivity contribution in [2.75, 3.05) is 18.4 Å². The number of amides is 1. The highest BCUT2D eigenvalue weighted by Crippen LogP contribution is 2.30. The number of nitrogens with one attached hydrogen (secondary N) is 2. The van der Waals surface area contributed by atoms with Crippen LogP contribution in [0.5, 0.6) is 0 Å². The van der Waals surface area contributed by atoms with E-state index < -0.39 is 0 Å². The van der Waals surface area contributed by atoms with Crippen LogP contribution in [0.1, 0.15) is 60.5 Å². The average molecular weight is 409 g/mol. The summed E-state index contributed by atoms with van der Waals surface area (Å²) in [6, 6.07) is 11.2. The molecule has 0 fully saturated rings. The van der Waals surface area contributed by atoms with Crippen LogP contribution in [0.4, 0.5) is 5.69 Å². The molecule has 3 aromatic rings. The Bertz CT molecular complexity index is 1010. The number of carbonyl (C=O) groups excluding carboxylic acids is 2. The van der Waals surface area contributed by atoms with Gasteiger partial charge in [-0.1, -0.05) is 39.0 Å². The molecule has 0 atom stereocenters. The lowest BCUT2D eigenvalue weighted by Crippen LogP contribution is -2.11. The van der Waals surface area contributed by atoms with Gasteiger partial charge < -0.3 is 15.1 Å². The molecular weight excluding hydrogens is 376 g/mol. The van der Waals surface area contributed by atoms with Gasteiger partial charge in [-0.25, -0.2) is 0 Å². The quantitative estimate of drug-likeness (QED) is 0.535. The molecule has 0 aliphatic heterocycles. The number of hydrogen-bond donors (Lipinski definition) is 2. The molecule has 5 heteroatoms. The minimum atomic E-state index is -0.126. The van der Waals surface area contributed by atoms with Crippen molar-refractivity contribution in [3.8, 4) is 0 Å². The monoisotopic (exact) mass is 408 g/mol. The third-order valence-corrected chi connectivity index (χ3v) is 4.81. The molecule has 1 heterocycles. The Morgan fingerprint density at radius 3 is 2.07 bits per heavy atom. The van der Waals surface area contributed by atoms with Gasteiger partial charge in [0.25, 0.3) is 0 Å². The minimum Gasteiger partial charge on any atom is -0.460 e. The van der Waals surface area contributed by atoms with E-state index in [1.807, 2.05) is 57.2 Å². The number of para-hydroxylation sites is 1. The largest absolute Gasteiger partial charge is 0.460 e. The molecule has 30 heavy (non-hydrogen) atoms. The number of ketones is 1. The van der Waals surface area contributed by atoms with Gasteiger partial charge in [0, 0.05) is 30.0 Å². The second kappa shape index (κ2) is 10.7. The van der Waals surface area contributed by atoms with E-state index in [1.165, 1.54) is 6.92 Å². The number of aryl methyl sites for hydroxylation is 3. The molecule has 5 nitrogen and oxygen atoms in total. The van der Waals surface area contributed by atoms with Crippen LogP contribution in [0, 0.1) is 13.8 Å². The van der Waals surface area contributed by atoms with Crippen LogP contribution in [0.2, 0.25) is 0 Å². The topological polar surface area (TPSA) is 71.3 Å². The molecule has 0 aliphatic carbocycles. The first-order valence-corrected chi connectivity index (χ1v) is 10.5. The van der Waals surface area contributed by atoms with Crippen LogP contribution in [0.3, 0.4) is 0 Å². The predicted molar refractivity (Wildman–Crippen MR) is 123 cm³/mol. The molecule has 0 unspecified atom stereocenters. The summed E-state index contributed by atoms with van der Waals surface area (Å²) in [6.45, 7) is 13.6. The maximum atomic E-state index is 13.2. The number of hydrogen-bond acceptors (Lipinski definition) is 4. The molecule has 1 amide bonds. The zero-order chi connectivity index (χ0) is 22.3. The lowest BCUT2D eigenvalue weighted by Gasteiger charge is -2.12. The van der Waals surface area contributed by atoms with Gasteiger partial charge in [-0.05, 0) is 56.3 Å². The van der Waals surface area contributed by atoms with Crippen LogP contribution in [-0.4, -0.2) is 24.8 Å². The first-order chi connectivity index (χ1) is 14.3. The van der Waals surface area contributed by atoms with Gasteiger partial charge in [0.05, 0.1) is 5.56 Å². The highest BCUT2D eigenvalue weighted by atomic mass is 16.3. The molecule has 1 aromatic heterocycles. The zero-order valence-electron chi connectivity index (χ0n) is 18.8. The van der Waals surface area contributed by atoms with Crippen molar-refractivity contribution in [3.05, 3.63) is 64.4 Å². The van der Waals surface area contributed by atoms with Crippen molar-refractivity contribution in [2.45, 2.75) is 48.0 Å². The number of rotatable bonds is 6. The van der Waals surface area contributed by atoms with Crippen molar-refractivity contribution in [1.29, 1.82) is 0 Å². The smallest absolute Gasteiger partial charge is 0.221 e. The number of anilines is 1. The van der Waals surface area contributed by atoms with E-state index in [9.17, 15) is 9.59 Å². The van der Waals surface area contributed by atoms with Gasteiger partial charge in [0.2, 0.25) is 5.91 Å². The molecule has 0 saturated carbocycles. The normalized spacial score (nSPS) is 10.5. The Kier molecular flexibility index (Phi) is 8.36. The first kappa shape index (κ1) is 23.4. The number of benzene rings is 2. The second-order valence-corrected chi connectivity index (χ2v) is 7.20. The average Bonchev–Trinajstić information content (AvgIpc) is 3.09.